The Hall–Kier alpha value is -2.73. The lowest BCUT2D eigenvalue weighted by molar-refractivity contribution is 0.171. The van der Waals surface area contributed by atoms with Gasteiger partial charge in [0, 0.05) is 6.54 Å². The van der Waals surface area contributed by atoms with E-state index in [1.807, 2.05) is 57.4 Å². The zero-order valence-corrected chi connectivity index (χ0v) is 16.1. The Morgan fingerprint density at radius 3 is 2.44 bits per heavy atom. The summed E-state index contributed by atoms with van der Waals surface area (Å²) in [5, 5.41) is 5.96. The Morgan fingerprint density at radius 2 is 1.74 bits per heavy atom. The Bertz CT molecular complexity index is 765. The summed E-state index contributed by atoms with van der Waals surface area (Å²) < 4.78 is 11.2. The van der Waals surface area contributed by atoms with Crippen LogP contribution in [0.15, 0.2) is 48.5 Å². The molecule has 2 atom stereocenters. The molecule has 6 nitrogen and oxygen atoms in total. The topological polar surface area (TPSA) is 62.8 Å². The van der Waals surface area contributed by atoms with Gasteiger partial charge in [-0.1, -0.05) is 36.4 Å². The van der Waals surface area contributed by atoms with Gasteiger partial charge in [0.15, 0.2) is 11.5 Å². The molecule has 1 heterocycles. The van der Waals surface area contributed by atoms with Crippen molar-refractivity contribution in [3.05, 3.63) is 59.7 Å². The smallest absolute Gasteiger partial charge is 0.315 e. The van der Waals surface area contributed by atoms with E-state index in [1.165, 1.54) is 5.56 Å². The fourth-order valence-corrected chi connectivity index (χ4v) is 3.12. The van der Waals surface area contributed by atoms with E-state index in [9.17, 15) is 4.79 Å². The fraction of sp³-hybridized carbons (Fsp3) is 0.381. The normalized spacial score (nSPS) is 15.1. The van der Waals surface area contributed by atoms with Crippen molar-refractivity contribution in [3.63, 3.8) is 0 Å². The summed E-state index contributed by atoms with van der Waals surface area (Å²) in [6.45, 7) is 3.59. The van der Waals surface area contributed by atoms with E-state index in [4.69, 9.17) is 9.47 Å². The molecule has 6 heteroatoms. The van der Waals surface area contributed by atoms with Gasteiger partial charge < -0.3 is 25.0 Å². The van der Waals surface area contributed by atoms with Crippen molar-refractivity contribution in [2.45, 2.75) is 19.0 Å². The van der Waals surface area contributed by atoms with E-state index in [2.05, 4.69) is 27.7 Å². The van der Waals surface area contributed by atoms with Gasteiger partial charge >= 0.3 is 6.03 Å². The van der Waals surface area contributed by atoms with Gasteiger partial charge in [-0.3, -0.25) is 0 Å². The van der Waals surface area contributed by atoms with Crippen LogP contribution in [0.25, 0.3) is 0 Å². The highest BCUT2D eigenvalue weighted by Crippen LogP contribution is 2.32. The van der Waals surface area contributed by atoms with Gasteiger partial charge in [-0.05, 0) is 44.3 Å². The molecule has 0 saturated heterocycles. The van der Waals surface area contributed by atoms with E-state index in [0.717, 1.165) is 17.1 Å². The number of benzene rings is 2. The molecular formula is C21H27N3O3. The Morgan fingerprint density at radius 1 is 1.04 bits per heavy atom. The molecule has 2 aromatic rings. The SMILES string of the molecule is CC(NC(=O)NCC(c1ccccc1)N(C)C)c1ccc2c(c1)OCCO2. The molecule has 0 aliphatic carbocycles. The predicted octanol–water partition coefficient (Wildman–Crippen LogP) is 3.12. The van der Waals surface area contributed by atoms with Gasteiger partial charge in [0.25, 0.3) is 0 Å². The largest absolute Gasteiger partial charge is 0.486 e. The summed E-state index contributed by atoms with van der Waals surface area (Å²) >= 11 is 0. The van der Waals surface area contributed by atoms with Gasteiger partial charge in [0.2, 0.25) is 0 Å². The minimum Gasteiger partial charge on any atom is -0.486 e. The van der Waals surface area contributed by atoms with Gasteiger partial charge in [0.1, 0.15) is 13.2 Å². The van der Waals surface area contributed by atoms with Crippen molar-refractivity contribution in [3.8, 4) is 11.5 Å². The summed E-state index contributed by atoms with van der Waals surface area (Å²) in [6.07, 6.45) is 0. The second kappa shape index (κ2) is 8.77. The zero-order chi connectivity index (χ0) is 19.2. The van der Waals surface area contributed by atoms with Crippen LogP contribution in [0.2, 0.25) is 0 Å². The number of ether oxygens (including phenoxy) is 2. The van der Waals surface area contributed by atoms with Crippen molar-refractivity contribution in [2.24, 2.45) is 0 Å². The number of carbonyl (C=O) groups excluding carboxylic acids is 1. The highest BCUT2D eigenvalue weighted by Gasteiger charge is 2.18. The van der Waals surface area contributed by atoms with Crippen molar-refractivity contribution >= 4 is 6.03 Å². The van der Waals surface area contributed by atoms with Crippen LogP contribution >= 0.6 is 0 Å². The number of fused-ring (bicyclic) bond motifs is 1. The maximum absolute atomic E-state index is 12.4. The predicted molar refractivity (Wildman–Crippen MR) is 105 cm³/mol. The molecule has 2 N–H and O–H groups in total. The molecule has 0 bridgehead atoms. The molecule has 2 unspecified atom stereocenters. The monoisotopic (exact) mass is 369 g/mol. The molecule has 0 radical (unpaired) electrons. The number of hydrogen-bond acceptors (Lipinski definition) is 4. The van der Waals surface area contributed by atoms with Gasteiger partial charge in [-0.15, -0.1) is 0 Å². The van der Waals surface area contributed by atoms with Crippen molar-refractivity contribution < 1.29 is 14.3 Å². The highest BCUT2D eigenvalue weighted by molar-refractivity contribution is 5.74. The van der Waals surface area contributed by atoms with Crippen LogP contribution in [0.5, 0.6) is 11.5 Å². The fourth-order valence-electron chi connectivity index (χ4n) is 3.12. The van der Waals surface area contributed by atoms with Gasteiger partial charge in [-0.25, -0.2) is 4.79 Å². The average Bonchev–Trinajstić information content (AvgIpc) is 2.68. The minimum atomic E-state index is -0.194. The number of likely N-dealkylation sites (N-methyl/N-ethyl adjacent to an activating group) is 1. The number of nitrogens with one attached hydrogen (secondary N) is 2. The highest BCUT2D eigenvalue weighted by atomic mass is 16.6. The van der Waals surface area contributed by atoms with E-state index >= 15 is 0 Å². The molecule has 2 aromatic carbocycles. The Balaban J connectivity index is 1.57. The van der Waals surface area contributed by atoms with E-state index in [1.54, 1.807) is 0 Å². The molecule has 3 rings (SSSR count). The van der Waals surface area contributed by atoms with Crippen LogP contribution in [0.4, 0.5) is 4.79 Å². The first-order chi connectivity index (χ1) is 13.0. The molecule has 27 heavy (non-hydrogen) atoms. The molecule has 2 amide bonds. The first kappa shape index (κ1) is 19.0. The zero-order valence-electron chi connectivity index (χ0n) is 16.1. The molecule has 144 valence electrons. The van der Waals surface area contributed by atoms with Crippen LogP contribution in [-0.4, -0.2) is 44.8 Å². The lowest BCUT2D eigenvalue weighted by Gasteiger charge is -2.26. The standard InChI is InChI=1S/C21H27N3O3/c1-15(17-9-10-19-20(13-17)27-12-11-26-19)23-21(25)22-14-18(24(2)3)16-7-5-4-6-8-16/h4-10,13,15,18H,11-12,14H2,1-3H3,(H2,22,23,25). The Labute approximate surface area is 160 Å². The van der Waals surface area contributed by atoms with Crippen LogP contribution in [-0.2, 0) is 0 Å². The first-order valence-corrected chi connectivity index (χ1v) is 9.20. The first-order valence-electron chi connectivity index (χ1n) is 9.20. The number of rotatable bonds is 6. The molecule has 0 saturated carbocycles. The quantitative estimate of drug-likeness (QED) is 0.821. The van der Waals surface area contributed by atoms with Crippen LogP contribution in [0, 0.1) is 0 Å². The molecule has 1 aliphatic heterocycles. The third-order valence-corrected chi connectivity index (χ3v) is 4.68. The van der Waals surface area contributed by atoms with Crippen LogP contribution in [0.1, 0.15) is 30.1 Å². The number of hydrogen-bond donors (Lipinski definition) is 2. The number of nitrogens with zero attached hydrogens (tertiary/aromatic N) is 1. The van der Waals surface area contributed by atoms with E-state index < -0.39 is 0 Å². The number of urea groups is 1. The van der Waals surface area contributed by atoms with E-state index in [0.29, 0.717) is 19.8 Å². The maximum Gasteiger partial charge on any atom is 0.315 e. The number of amides is 2. The second-order valence-corrected chi connectivity index (χ2v) is 6.87. The lowest BCUT2D eigenvalue weighted by atomic mass is 10.1. The summed E-state index contributed by atoms with van der Waals surface area (Å²) in [6, 6.07) is 15.7. The van der Waals surface area contributed by atoms with Gasteiger partial charge in [-0.2, -0.15) is 0 Å². The third kappa shape index (κ3) is 4.92. The lowest BCUT2D eigenvalue weighted by Crippen LogP contribution is -2.41. The molecule has 0 aromatic heterocycles. The summed E-state index contributed by atoms with van der Waals surface area (Å²) in [5.41, 5.74) is 2.14. The van der Waals surface area contributed by atoms with Crippen molar-refractivity contribution in [1.29, 1.82) is 0 Å². The van der Waals surface area contributed by atoms with E-state index in [-0.39, 0.29) is 18.1 Å². The molecule has 1 aliphatic rings. The van der Waals surface area contributed by atoms with Gasteiger partial charge in [0.05, 0.1) is 12.1 Å². The maximum atomic E-state index is 12.4. The Kier molecular flexibility index (Phi) is 6.19. The molecule has 0 spiro atoms. The third-order valence-electron chi connectivity index (χ3n) is 4.68. The number of carbonyl (C=O) groups is 1. The average molecular weight is 369 g/mol. The van der Waals surface area contributed by atoms with Crippen molar-refractivity contribution in [1.82, 2.24) is 15.5 Å². The van der Waals surface area contributed by atoms with Crippen LogP contribution in [0.3, 0.4) is 0 Å². The van der Waals surface area contributed by atoms with Crippen LogP contribution < -0.4 is 20.1 Å². The summed E-state index contributed by atoms with van der Waals surface area (Å²) in [7, 11) is 4.02. The van der Waals surface area contributed by atoms with Crippen molar-refractivity contribution in [2.75, 3.05) is 33.9 Å². The summed E-state index contributed by atoms with van der Waals surface area (Å²) in [5.74, 6) is 1.47. The summed E-state index contributed by atoms with van der Waals surface area (Å²) in [4.78, 5) is 14.5. The second-order valence-electron chi connectivity index (χ2n) is 6.87. The minimum absolute atomic E-state index is 0.113. The molecular weight excluding hydrogens is 342 g/mol. The molecule has 0 fully saturated rings.